The Labute approximate surface area is 168 Å². The predicted octanol–water partition coefficient (Wildman–Crippen LogP) is 3.17. The van der Waals surface area contributed by atoms with Gasteiger partial charge in [0.1, 0.15) is 5.82 Å². The molecule has 1 saturated heterocycles. The summed E-state index contributed by atoms with van der Waals surface area (Å²) in [5.74, 6) is 0.409. The summed E-state index contributed by atoms with van der Waals surface area (Å²) in [6.45, 7) is 3.60. The highest BCUT2D eigenvalue weighted by Gasteiger charge is 2.38. The maximum Gasteiger partial charge on any atom is 0.191 e. The van der Waals surface area contributed by atoms with Crippen molar-refractivity contribution in [1.29, 1.82) is 0 Å². The van der Waals surface area contributed by atoms with E-state index in [1.165, 1.54) is 70.5 Å². The smallest absolute Gasteiger partial charge is 0.191 e. The lowest BCUT2D eigenvalue weighted by Gasteiger charge is -2.48. The van der Waals surface area contributed by atoms with Crippen LogP contribution in [0.25, 0.3) is 0 Å². The minimum Gasteiger partial charge on any atom is -0.392 e. The summed E-state index contributed by atoms with van der Waals surface area (Å²) in [5.41, 5.74) is 1.50. The molecule has 156 valence electrons. The highest BCUT2D eigenvalue weighted by atomic mass is 19.1. The highest BCUT2D eigenvalue weighted by molar-refractivity contribution is 5.79. The third-order valence-electron chi connectivity index (χ3n) is 6.36. The lowest BCUT2D eigenvalue weighted by molar-refractivity contribution is 0.0368. The summed E-state index contributed by atoms with van der Waals surface area (Å²) in [6, 6.07) is 4.85. The molecule has 3 N–H and O–H groups in total. The fourth-order valence-electron chi connectivity index (χ4n) is 4.70. The van der Waals surface area contributed by atoms with Gasteiger partial charge in [0, 0.05) is 31.2 Å². The average molecular weight is 391 g/mol. The standard InChI is InChI=1S/C22H35FN4O/c1-24-21(25-15-18-8-9-20(23)19(14-18)16-28)26-17-22(10-4-2-5-11-22)27-12-6-3-7-13-27/h8-9,14,28H,2-7,10-13,15-17H2,1H3,(H2,24,25,26). The molecule has 0 unspecified atom stereocenters. The Morgan fingerprint density at radius 3 is 2.50 bits per heavy atom. The zero-order valence-electron chi connectivity index (χ0n) is 17.1. The van der Waals surface area contributed by atoms with E-state index in [-0.39, 0.29) is 18.0 Å². The van der Waals surface area contributed by atoms with Crippen molar-refractivity contribution in [2.24, 2.45) is 4.99 Å². The molecular weight excluding hydrogens is 355 g/mol. The number of halogens is 1. The monoisotopic (exact) mass is 390 g/mol. The van der Waals surface area contributed by atoms with Crippen molar-refractivity contribution in [3.8, 4) is 0 Å². The third-order valence-corrected chi connectivity index (χ3v) is 6.36. The van der Waals surface area contributed by atoms with Crippen LogP contribution in [0, 0.1) is 5.82 Å². The second-order valence-electron chi connectivity index (χ2n) is 8.20. The first-order valence-electron chi connectivity index (χ1n) is 10.7. The number of nitrogens with zero attached hydrogens (tertiary/aromatic N) is 2. The van der Waals surface area contributed by atoms with Gasteiger partial charge in [0.2, 0.25) is 0 Å². The van der Waals surface area contributed by atoms with Crippen LogP contribution in [-0.2, 0) is 13.2 Å². The molecule has 0 aromatic heterocycles. The lowest BCUT2D eigenvalue weighted by atomic mass is 9.79. The van der Waals surface area contributed by atoms with Gasteiger partial charge in [-0.2, -0.15) is 0 Å². The minimum atomic E-state index is -0.366. The van der Waals surface area contributed by atoms with Crippen LogP contribution in [0.4, 0.5) is 4.39 Å². The number of hydrogen-bond acceptors (Lipinski definition) is 3. The Balaban J connectivity index is 1.58. The Morgan fingerprint density at radius 1 is 1.11 bits per heavy atom. The molecule has 0 bridgehead atoms. The van der Waals surface area contributed by atoms with Gasteiger partial charge in [-0.1, -0.05) is 31.7 Å². The number of guanidine groups is 1. The Hall–Kier alpha value is -1.66. The zero-order chi connectivity index (χ0) is 19.8. The van der Waals surface area contributed by atoms with Crippen molar-refractivity contribution in [3.63, 3.8) is 0 Å². The van der Waals surface area contributed by atoms with Crippen LogP contribution in [0.3, 0.4) is 0 Å². The van der Waals surface area contributed by atoms with E-state index in [9.17, 15) is 9.50 Å². The first-order chi connectivity index (χ1) is 13.7. The lowest BCUT2D eigenvalue weighted by Crippen LogP contribution is -2.59. The van der Waals surface area contributed by atoms with Crippen LogP contribution in [0.15, 0.2) is 23.2 Å². The SMILES string of the molecule is CN=C(NCc1ccc(F)c(CO)c1)NCC1(N2CCCCC2)CCCCC1. The van der Waals surface area contributed by atoms with Gasteiger partial charge < -0.3 is 15.7 Å². The topological polar surface area (TPSA) is 59.9 Å². The molecule has 1 aromatic carbocycles. The number of aliphatic hydroxyl groups is 1. The van der Waals surface area contributed by atoms with Gasteiger partial charge in [-0.05, 0) is 56.5 Å². The summed E-state index contributed by atoms with van der Waals surface area (Å²) in [6.07, 6.45) is 10.5. The molecule has 0 radical (unpaired) electrons. The Morgan fingerprint density at radius 2 is 1.82 bits per heavy atom. The molecule has 0 spiro atoms. The fraction of sp³-hybridized carbons (Fsp3) is 0.682. The molecule has 1 aliphatic heterocycles. The summed E-state index contributed by atoms with van der Waals surface area (Å²) < 4.78 is 13.6. The summed E-state index contributed by atoms with van der Waals surface area (Å²) >= 11 is 0. The molecule has 1 aromatic rings. The van der Waals surface area contributed by atoms with Gasteiger partial charge in [0.25, 0.3) is 0 Å². The van der Waals surface area contributed by atoms with Crippen LogP contribution in [-0.4, -0.2) is 48.2 Å². The van der Waals surface area contributed by atoms with E-state index in [1.807, 2.05) is 0 Å². The molecule has 6 heteroatoms. The zero-order valence-corrected chi connectivity index (χ0v) is 17.1. The summed E-state index contributed by atoms with van der Waals surface area (Å²) in [5, 5.41) is 16.1. The Bertz CT molecular complexity index is 652. The van der Waals surface area contributed by atoms with E-state index in [2.05, 4.69) is 20.5 Å². The number of aliphatic imine (C=N–C) groups is 1. The maximum absolute atomic E-state index is 13.6. The van der Waals surface area contributed by atoms with Crippen LogP contribution in [0.5, 0.6) is 0 Å². The van der Waals surface area contributed by atoms with E-state index >= 15 is 0 Å². The molecule has 28 heavy (non-hydrogen) atoms. The molecule has 1 aliphatic carbocycles. The molecule has 5 nitrogen and oxygen atoms in total. The second kappa shape index (κ2) is 10.2. The van der Waals surface area contributed by atoms with Gasteiger partial charge in [-0.25, -0.2) is 4.39 Å². The largest absolute Gasteiger partial charge is 0.392 e. The maximum atomic E-state index is 13.6. The number of piperidine rings is 1. The predicted molar refractivity (Wildman–Crippen MR) is 112 cm³/mol. The quantitative estimate of drug-likeness (QED) is 0.516. The van der Waals surface area contributed by atoms with Gasteiger partial charge in [-0.15, -0.1) is 0 Å². The Kier molecular flexibility index (Phi) is 7.68. The first kappa shape index (κ1) is 21.1. The molecular formula is C22H35FN4O. The summed E-state index contributed by atoms with van der Waals surface area (Å²) in [4.78, 5) is 7.10. The van der Waals surface area contributed by atoms with Gasteiger partial charge in [0.15, 0.2) is 5.96 Å². The van der Waals surface area contributed by atoms with E-state index in [0.29, 0.717) is 12.1 Å². The third kappa shape index (κ3) is 5.23. The van der Waals surface area contributed by atoms with Crippen molar-refractivity contribution < 1.29 is 9.50 Å². The molecule has 0 atom stereocenters. The van der Waals surface area contributed by atoms with Gasteiger partial charge in [0.05, 0.1) is 6.61 Å². The number of benzene rings is 1. The first-order valence-corrected chi connectivity index (χ1v) is 10.7. The number of hydrogen-bond donors (Lipinski definition) is 3. The molecule has 3 rings (SSSR count). The number of likely N-dealkylation sites (tertiary alicyclic amines) is 1. The van der Waals surface area contributed by atoms with Gasteiger partial charge >= 0.3 is 0 Å². The molecule has 2 fully saturated rings. The van der Waals surface area contributed by atoms with Crippen LogP contribution >= 0.6 is 0 Å². The van der Waals surface area contributed by atoms with Crippen molar-refractivity contribution in [1.82, 2.24) is 15.5 Å². The second-order valence-corrected chi connectivity index (χ2v) is 8.20. The van der Waals surface area contributed by atoms with Crippen LogP contribution in [0.2, 0.25) is 0 Å². The molecule has 1 saturated carbocycles. The number of nitrogens with one attached hydrogen (secondary N) is 2. The van der Waals surface area contributed by atoms with E-state index in [0.717, 1.165) is 18.1 Å². The van der Waals surface area contributed by atoms with E-state index < -0.39 is 0 Å². The van der Waals surface area contributed by atoms with Gasteiger partial charge in [-0.3, -0.25) is 9.89 Å². The average Bonchev–Trinajstić information content (AvgIpc) is 2.76. The minimum absolute atomic E-state index is 0.246. The fourth-order valence-corrected chi connectivity index (χ4v) is 4.70. The molecule has 2 aliphatic rings. The van der Waals surface area contributed by atoms with Crippen molar-refractivity contribution >= 4 is 5.96 Å². The van der Waals surface area contributed by atoms with Crippen molar-refractivity contribution in [3.05, 3.63) is 35.1 Å². The molecule has 1 heterocycles. The van der Waals surface area contributed by atoms with Crippen molar-refractivity contribution in [2.75, 3.05) is 26.7 Å². The highest BCUT2D eigenvalue weighted by Crippen LogP contribution is 2.35. The number of aliphatic hydroxyl groups excluding tert-OH is 1. The van der Waals surface area contributed by atoms with Crippen LogP contribution in [0.1, 0.15) is 62.5 Å². The van der Waals surface area contributed by atoms with Crippen molar-refractivity contribution in [2.45, 2.75) is 70.1 Å². The molecule has 0 amide bonds. The van der Waals surface area contributed by atoms with Crippen LogP contribution < -0.4 is 10.6 Å². The van der Waals surface area contributed by atoms with E-state index in [4.69, 9.17) is 0 Å². The van der Waals surface area contributed by atoms with E-state index in [1.54, 1.807) is 19.2 Å². The normalized spacial score (nSPS) is 20.8. The number of rotatable bonds is 6. The summed E-state index contributed by atoms with van der Waals surface area (Å²) in [7, 11) is 1.79.